The Balaban J connectivity index is 2.37. The molecule has 0 radical (unpaired) electrons. The zero-order valence-electron chi connectivity index (χ0n) is 11.2. The minimum Gasteiger partial charge on any atom is -0.373 e. The molecule has 0 atom stereocenters. The monoisotopic (exact) mass is 290 g/mol. The Morgan fingerprint density at radius 3 is 2.75 bits per heavy atom. The summed E-state index contributed by atoms with van der Waals surface area (Å²) >= 11 is 1.27. The van der Waals surface area contributed by atoms with E-state index in [0.717, 1.165) is 0 Å². The van der Waals surface area contributed by atoms with E-state index in [1.54, 1.807) is 31.3 Å². The Kier molecular flexibility index (Phi) is 4.52. The molecule has 6 nitrogen and oxygen atoms in total. The highest BCUT2D eigenvalue weighted by atomic mass is 32.2. The molecule has 0 unspecified atom stereocenters. The van der Waals surface area contributed by atoms with Gasteiger partial charge in [0.25, 0.3) is 5.69 Å². The summed E-state index contributed by atoms with van der Waals surface area (Å²) in [6, 6.07) is 8.41. The summed E-state index contributed by atoms with van der Waals surface area (Å²) in [5, 5.41) is 14.7. The van der Waals surface area contributed by atoms with E-state index in [1.807, 2.05) is 6.92 Å². The first-order valence-corrected chi connectivity index (χ1v) is 6.92. The fraction of sp³-hybridized carbons (Fsp3) is 0.231. The molecule has 0 aliphatic rings. The molecule has 0 saturated carbocycles. The van der Waals surface area contributed by atoms with E-state index in [-0.39, 0.29) is 10.6 Å². The Labute approximate surface area is 120 Å². The summed E-state index contributed by atoms with van der Waals surface area (Å²) in [4.78, 5) is 19.9. The lowest BCUT2D eigenvalue weighted by atomic mass is 10.3. The normalized spacial score (nSPS) is 10.3. The molecular formula is C13H14N4O2S. The van der Waals surface area contributed by atoms with Gasteiger partial charge in [-0.1, -0.05) is 30.8 Å². The van der Waals surface area contributed by atoms with Crippen LogP contribution in [0, 0.1) is 10.1 Å². The first kappa shape index (κ1) is 14.3. The van der Waals surface area contributed by atoms with Crippen molar-refractivity contribution in [2.75, 3.05) is 12.4 Å². The highest BCUT2D eigenvalue weighted by Gasteiger charge is 2.15. The van der Waals surface area contributed by atoms with Gasteiger partial charge in [0.1, 0.15) is 16.7 Å². The summed E-state index contributed by atoms with van der Waals surface area (Å²) in [6.07, 6.45) is 0.708. The number of benzene rings is 1. The maximum Gasteiger partial charge on any atom is 0.283 e. The molecule has 0 saturated heterocycles. The van der Waals surface area contributed by atoms with Crippen LogP contribution >= 0.6 is 11.8 Å². The van der Waals surface area contributed by atoms with E-state index in [1.165, 1.54) is 17.8 Å². The van der Waals surface area contributed by atoms with Crippen LogP contribution in [0.25, 0.3) is 0 Å². The second kappa shape index (κ2) is 6.33. The molecule has 2 aromatic rings. The van der Waals surface area contributed by atoms with Gasteiger partial charge in [-0.25, -0.2) is 9.97 Å². The fourth-order valence-corrected chi connectivity index (χ4v) is 2.56. The van der Waals surface area contributed by atoms with Crippen molar-refractivity contribution in [3.05, 3.63) is 46.3 Å². The fourth-order valence-electron chi connectivity index (χ4n) is 1.62. The third-order valence-electron chi connectivity index (χ3n) is 2.60. The first-order chi connectivity index (χ1) is 9.63. The first-order valence-electron chi connectivity index (χ1n) is 6.11. The number of nitrogens with one attached hydrogen (secondary N) is 1. The highest BCUT2D eigenvalue weighted by Crippen LogP contribution is 2.34. The van der Waals surface area contributed by atoms with Crippen molar-refractivity contribution < 1.29 is 4.92 Å². The molecule has 0 bridgehead atoms. The van der Waals surface area contributed by atoms with Gasteiger partial charge in [0.05, 0.1) is 9.82 Å². The van der Waals surface area contributed by atoms with Crippen LogP contribution < -0.4 is 5.32 Å². The topological polar surface area (TPSA) is 81.0 Å². The van der Waals surface area contributed by atoms with Crippen LogP contribution in [-0.4, -0.2) is 21.9 Å². The molecule has 1 aromatic carbocycles. The van der Waals surface area contributed by atoms with Gasteiger partial charge in [0.15, 0.2) is 0 Å². The molecule has 0 fully saturated rings. The number of para-hydroxylation sites is 1. The Morgan fingerprint density at radius 1 is 1.35 bits per heavy atom. The van der Waals surface area contributed by atoms with Crippen molar-refractivity contribution in [3.63, 3.8) is 0 Å². The van der Waals surface area contributed by atoms with Gasteiger partial charge in [0, 0.05) is 25.6 Å². The van der Waals surface area contributed by atoms with Crippen LogP contribution in [0.5, 0.6) is 0 Å². The minimum absolute atomic E-state index is 0.0835. The van der Waals surface area contributed by atoms with Gasteiger partial charge in [-0.3, -0.25) is 10.1 Å². The van der Waals surface area contributed by atoms with Crippen LogP contribution in [0.2, 0.25) is 0 Å². The zero-order valence-corrected chi connectivity index (χ0v) is 12.0. The number of rotatable bonds is 5. The van der Waals surface area contributed by atoms with E-state index in [0.29, 0.717) is 28.0 Å². The molecule has 104 valence electrons. The second-order valence-electron chi connectivity index (χ2n) is 3.94. The SMILES string of the molecule is CCc1nc(NC)cc(Sc2ccccc2[N+](=O)[O-])n1. The number of anilines is 1. The van der Waals surface area contributed by atoms with E-state index >= 15 is 0 Å². The maximum atomic E-state index is 11.0. The molecule has 0 amide bonds. The van der Waals surface area contributed by atoms with E-state index in [2.05, 4.69) is 15.3 Å². The van der Waals surface area contributed by atoms with Crippen molar-refractivity contribution in [2.45, 2.75) is 23.3 Å². The Bertz CT molecular complexity index is 611. The molecule has 0 spiro atoms. The molecule has 2 rings (SSSR count). The largest absolute Gasteiger partial charge is 0.373 e. The van der Waals surface area contributed by atoms with Gasteiger partial charge in [-0.2, -0.15) is 0 Å². The van der Waals surface area contributed by atoms with Gasteiger partial charge in [-0.15, -0.1) is 0 Å². The average molecular weight is 290 g/mol. The van der Waals surface area contributed by atoms with Crippen molar-refractivity contribution in [3.8, 4) is 0 Å². The number of nitrogens with zero attached hydrogens (tertiary/aromatic N) is 3. The lowest BCUT2D eigenvalue weighted by molar-refractivity contribution is -0.387. The summed E-state index contributed by atoms with van der Waals surface area (Å²) < 4.78 is 0. The van der Waals surface area contributed by atoms with Crippen molar-refractivity contribution >= 4 is 23.3 Å². The smallest absolute Gasteiger partial charge is 0.283 e. The van der Waals surface area contributed by atoms with Gasteiger partial charge >= 0.3 is 0 Å². The summed E-state index contributed by atoms with van der Waals surface area (Å²) in [6.45, 7) is 1.97. The van der Waals surface area contributed by atoms with Crippen molar-refractivity contribution in [1.82, 2.24) is 9.97 Å². The lowest BCUT2D eigenvalue weighted by Crippen LogP contribution is -2.00. The van der Waals surface area contributed by atoms with Crippen LogP contribution in [-0.2, 0) is 6.42 Å². The van der Waals surface area contributed by atoms with Crippen LogP contribution in [0.3, 0.4) is 0 Å². The Hall–Kier alpha value is -2.15. The second-order valence-corrected chi connectivity index (χ2v) is 5.00. The van der Waals surface area contributed by atoms with E-state index < -0.39 is 0 Å². The Morgan fingerprint density at radius 2 is 2.10 bits per heavy atom. The third-order valence-corrected chi connectivity index (χ3v) is 3.58. The van der Waals surface area contributed by atoms with Crippen LogP contribution in [0.1, 0.15) is 12.7 Å². The van der Waals surface area contributed by atoms with Crippen LogP contribution in [0.15, 0.2) is 40.3 Å². The molecule has 0 aliphatic heterocycles. The number of aromatic nitrogens is 2. The number of hydrogen-bond donors (Lipinski definition) is 1. The minimum atomic E-state index is -0.386. The molecule has 7 heteroatoms. The lowest BCUT2D eigenvalue weighted by Gasteiger charge is -2.06. The van der Waals surface area contributed by atoms with Gasteiger partial charge in [-0.05, 0) is 6.07 Å². The number of nitro benzene ring substituents is 1. The predicted octanol–water partition coefficient (Wildman–Crippen LogP) is 3.14. The number of aryl methyl sites for hydroxylation is 1. The number of hydrogen-bond acceptors (Lipinski definition) is 6. The summed E-state index contributed by atoms with van der Waals surface area (Å²) in [5.41, 5.74) is 0.0835. The van der Waals surface area contributed by atoms with Gasteiger partial charge < -0.3 is 5.32 Å². The maximum absolute atomic E-state index is 11.0. The molecular weight excluding hydrogens is 276 g/mol. The third kappa shape index (κ3) is 3.24. The standard InChI is InChI=1S/C13H14N4O2S/c1-3-11-15-12(14-2)8-13(16-11)20-10-7-5-4-6-9(10)17(18)19/h4-8H,3H2,1-2H3,(H,14,15,16). The molecule has 1 heterocycles. The van der Waals surface area contributed by atoms with E-state index in [9.17, 15) is 10.1 Å². The van der Waals surface area contributed by atoms with Crippen molar-refractivity contribution in [2.24, 2.45) is 0 Å². The molecule has 1 aromatic heterocycles. The predicted molar refractivity (Wildman–Crippen MR) is 78.2 cm³/mol. The zero-order chi connectivity index (χ0) is 14.5. The van der Waals surface area contributed by atoms with Crippen molar-refractivity contribution in [1.29, 1.82) is 0 Å². The van der Waals surface area contributed by atoms with Gasteiger partial charge in [0.2, 0.25) is 0 Å². The summed E-state index contributed by atoms with van der Waals surface area (Å²) in [7, 11) is 1.78. The molecule has 1 N–H and O–H groups in total. The summed E-state index contributed by atoms with van der Waals surface area (Å²) in [5.74, 6) is 1.41. The van der Waals surface area contributed by atoms with E-state index in [4.69, 9.17) is 0 Å². The number of nitro groups is 1. The quantitative estimate of drug-likeness (QED) is 0.517. The molecule has 0 aliphatic carbocycles. The molecule has 20 heavy (non-hydrogen) atoms. The van der Waals surface area contributed by atoms with Crippen LogP contribution in [0.4, 0.5) is 11.5 Å². The highest BCUT2D eigenvalue weighted by molar-refractivity contribution is 7.99. The average Bonchev–Trinajstić information content (AvgIpc) is 2.47.